The first-order valence-corrected chi connectivity index (χ1v) is 11.5. The van der Waals surface area contributed by atoms with Crippen molar-refractivity contribution in [3.63, 3.8) is 0 Å². The van der Waals surface area contributed by atoms with E-state index in [0.29, 0.717) is 55.7 Å². The van der Waals surface area contributed by atoms with Crippen LogP contribution in [0, 0.1) is 0 Å². The lowest BCUT2D eigenvalue weighted by Gasteiger charge is -2.26. The summed E-state index contributed by atoms with van der Waals surface area (Å²) < 4.78 is 16.6. The van der Waals surface area contributed by atoms with Crippen LogP contribution < -0.4 is 20.2 Å². The van der Waals surface area contributed by atoms with E-state index in [9.17, 15) is 14.4 Å². The molecule has 0 aromatic heterocycles. The number of para-hydroxylation sites is 1. The van der Waals surface area contributed by atoms with Gasteiger partial charge in [0.1, 0.15) is 0 Å². The predicted molar refractivity (Wildman–Crippen MR) is 131 cm³/mol. The first-order chi connectivity index (χ1) is 17.0. The van der Waals surface area contributed by atoms with Crippen LogP contribution in [0.1, 0.15) is 25.0 Å². The van der Waals surface area contributed by atoms with Gasteiger partial charge in [-0.15, -0.1) is 0 Å². The molecule has 1 saturated heterocycles. The number of amides is 3. The summed E-state index contributed by atoms with van der Waals surface area (Å²) in [6.45, 7) is 6.21. The van der Waals surface area contributed by atoms with Crippen molar-refractivity contribution < 1.29 is 28.6 Å². The number of ether oxygens (including phenoxy) is 3. The average Bonchev–Trinajstić information content (AvgIpc) is 2.89. The van der Waals surface area contributed by atoms with Crippen LogP contribution in [0.15, 0.2) is 47.6 Å². The minimum absolute atomic E-state index is 0.111. The lowest BCUT2D eigenvalue weighted by Crippen LogP contribution is -2.43. The molecule has 3 rings (SSSR count). The van der Waals surface area contributed by atoms with Gasteiger partial charge < -0.3 is 24.4 Å². The van der Waals surface area contributed by atoms with Crippen molar-refractivity contribution in [2.45, 2.75) is 20.3 Å². The van der Waals surface area contributed by atoms with Crippen LogP contribution in [-0.4, -0.2) is 68.4 Å². The van der Waals surface area contributed by atoms with E-state index in [0.717, 1.165) is 12.0 Å². The molecule has 3 amide bonds. The van der Waals surface area contributed by atoms with E-state index in [2.05, 4.69) is 15.8 Å². The zero-order chi connectivity index (χ0) is 25.0. The summed E-state index contributed by atoms with van der Waals surface area (Å²) in [7, 11) is 0. The lowest BCUT2D eigenvalue weighted by molar-refractivity contribution is -0.137. The molecule has 35 heavy (non-hydrogen) atoms. The van der Waals surface area contributed by atoms with Gasteiger partial charge in [-0.2, -0.15) is 5.10 Å². The van der Waals surface area contributed by atoms with Gasteiger partial charge >= 0.3 is 11.8 Å². The second-order valence-electron chi connectivity index (χ2n) is 7.58. The predicted octanol–water partition coefficient (Wildman–Crippen LogP) is 1.97. The Morgan fingerprint density at radius 1 is 1.03 bits per heavy atom. The van der Waals surface area contributed by atoms with Crippen LogP contribution in [0.4, 0.5) is 5.69 Å². The standard InChI is InChI=1S/C25H30N4O6/c1-3-19-7-5-6-8-20(19)27-24(31)25(32)28-26-16-18-9-10-21(22(15-18)34-4-2)35-17-23(30)29-11-13-33-14-12-29/h5-10,15-16H,3-4,11-14,17H2,1-2H3,(H,27,31)(H,28,32)/b26-16-. The summed E-state index contributed by atoms with van der Waals surface area (Å²) >= 11 is 0. The van der Waals surface area contributed by atoms with Crippen LogP contribution >= 0.6 is 0 Å². The highest BCUT2D eigenvalue weighted by Gasteiger charge is 2.18. The van der Waals surface area contributed by atoms with Crippen molar-refractivity contribution in [1.29, 1.82) is 0 Å². The van der Waals surface area contributed by atoms with Gasteiger partial charge in [-0.05, 0) is 48.7 Å². The van der Waals surface area contributed by atoms with Crippen LogP contribution in [0.3, 0.4) is 0 Å². The van der Waals surface area contributed by atoms with Gasteiger partial charge in [-0.3, -0.25) is 14.4 Å². The Hall–Kier alpha value is -3.92. The second kappa shape index (κ2) is 13.1. The monoisotopic (exact) mass is 482 g/mol. The number of carbonyl (C=O) groups excluding carboxylic acids is 3. The molecule has 1 fully saturated rings. The van der Waals surface area contributed by atoms with Gasteiger partial charge in [-0.1, -0.05) is 25.1 Å². The highest BCUT2D eigenvalue weighted by molar-refractivity contribution is 6.39. The number of rotatable bonds is 9. The zero-order valence-corrected chi connectivity index (χ0v) is 19.9. The van der Waals surface area contributed by atoms with E-state index in [-0.39, 0.29) is 12.5 Å². The number of anilines is 1. The van der Waals surface area contributed by atoms with E-state index < -0.39 is 11.8 Å². The summed E-state index contributed by atoms with van der Waals surface area (Å²) in [4.78, 5) is 38.3. The molecule has 0 bridgehead atoms. The maximum Gasteiger partial charge on any atom is 0.329 e. The summed E-state index contributed by atoms with van der Waals surface area (Å²) in [5, 5.41) is 6.45. The number of nitrogens with zero attached hydrogens (tertiary/aromatic N) is 2. The maximum absolute atomic E-state index is 12.3. The fraction of sp³-hybridized carbons (Fsp3) is 0.360. The van der Waals surface area contributed by atoms with Gasteiger partial charge in [0.2, 0.25) is 0 Å². The number of hydrogen-bond acceptors (Lipinski definition) is 7. The molecule has 1 aliphatic rings. The molecule has 186 valence electrons. The summed E-state index contributed by atoms with van der Waals surface area (Å²) in [5.74, 6) is -0.968. The largest absolute Gasteiger partial charge is 0.490 e. The fourth-order valence-electron chi connectivity index (χ4n) is 3.38. The summed E-state index contributed by atoms with van der Waals surface area (Å²) in [5.41, 5.74) is 4.34. The molecule has 10 heteroatoms. The van der Waals surface area contributed by atoms with Crippen molar-refractivity contribution in [3.05, 3.63) is 53.6 Å². The Bertz CT molecular complexity index is 1070. The van der Waals surface area contributed by atoms with Gasteiger partial charge in [-0.25, -0.2) is 5.43 Å². The van der Waals surface area contributed by atoms with E-state index in [4.69, 9.17) is 14.2 Å². The lowest BCUT2D eigenvalue weighted by atomic mass is 10.1. The van der Waals surface area contributed by atoms with E-state index >= 15 is 0 Å². The SMILES string of the molecule is CCOc1cc(/C=N\NC(=O)C(=O)Nc2ccccc2CC)ccc1OCC(=O)N1CCOCC1. The fourth-order valence-corrected chi connectivity index (χ4v) is 3.38. The second-order valence-corrected chi connectivity index (χ2v) is 7.58. The maximum atomic E-state index is 12.3. The number of hydrogen-bond donors (Lipinski definition) is 2. The number of carbonyl (C=O) groups is 3. The topological polar surface area (TPSA) is 119 Å². The van der Waals surface area contributed by atoms with Crippen molar-refractivity contribution in [3.8, 4) is 11.5 Å². The smallest absolute Gasteiger partial charge is 0.329 e. The first-order valence-electron chi connectivity index (χ1n) is 11.5. The quantitative estimate of drug-likeness (QED) is 0.321. The van der Waals surface area contributed by atoms with Crippen LogP contribution in [0.5, 0.6) is 11.5 Å². The third kappa shape index (κ3) is 7.54. The summed E-state index contributed by atoms with van der Waals surface area (Å²) in [6.07, 6.45) is 2.11. The number of hydrazone groups is 1. The van der Waals surface area contributed by atoms with E-state index in [1.165, 1.54) is 6.21 Å². The summed E-state index contributed by atoms with van der Waals surface area (Å²) in [6, 6.07) is 12.3. The number of morpholine rings is 1. The van der Waals surface area contributed by atoms with Crippen molar-refractivity contribution in [2.24, 2.45) is 5.10 Å². The van der Waals surface area contributed by atoms with Crippen LogP contribution in [0.2, 0.25) is 0 Å². The minimum atomic E-state index is -0.890. The van der Waals surface area contributed by atoms with Gasteiger partial charge in [0.05, 0.1) is 26.0 Å². The van der Waals surface area contributed by atoms with Crippen molar-refractivity contribution >= 4 is 29.6 Å². The average molecular weight is 483 g/mol. The van der Waals surface area contributed by atoms with E-state index in [1.54, 1.807) is 35.2 Å². The van der Waals surface area contributed by atoms with Crippen molar-refractivity contribution in [2.75, 3.05) is 44.8 Å². The molecular formula is C25H30N4O6. The molecule has 0 radical (unpaired) electrons. The number of nitrogens with one attached hydrogen (secondary N) is 2. The van der Waals surface area contributed by atoms with Crippen LogP contribution in [0.25, 0.3) is 0 Å². The molecular weight excluding hydrogens is 452 g/mol. The van der Waals surface area contributed by atoms with Gasteiger partial charge in [0, 0.05) is 18.8 Å². The molecule has 2 aromatic carbocycles. The normalized spacial score (nSPS) is 13.4. The third-order valence-electron chi connectivity index (χ3n) is 5.21. The van der Waals surface area contributed by atoms with Crippen molar-refractivity contribution in [1.82, 2.24) is 10.3 Å². The Kier molecular flexibility index (Phi) is 9.61. The Labute approximate surface area is 204 Å². The molecule has 2 N–H and O–H groups in total. The van der Waals surface area contributed by atoms with Gasteiger partial charge in [0.25, 0.3) is 5.91 Å². The Morgan fingerprint density at radius 2 is 1.80 bits per heavy atom. The molecule has 2 aromatic rings. The molecule has 0 saturated carbocycles. The molecule has 0 aliphatic carbocycles. The molecule has 0 atom stereocenters. The Morgan fingerprint density at radius 3 is 2.54 bits per heavy atom. The number of benzene rings is 2. The van der Waals surface area contributed by atoms with Crippen LogP contribution in [-0.2, 0) is 25.5 Å². The Balaban J connectivity index is 1.56. The molecule has 1 heterocycles. The minimum Gasteiger partial charge on any atom is -0.490 e. The molecule has 10 nitrogen and oxygen atoms in total. The zero-order valence-electron chi connectivity index (χ0n) is 19.9. The molecule has 0 spiro atoms. The first kappa shape index (κ1) is 25.7. The number of aryl methyl sites for hydroxylation is 1. The highest BCUT2D eigenvalue weighted by atomic mass is 16.5. The molecule has 0 unspecified atom stereocenters. The molecule has 1 aliphatic heterocycles. The third-order valence-corrected chi connectivity index (χ3v) is 5.21. The van der Waals surface area contributed by atoms with E-state index in [1.807, 2.05) is 26.0 Å². The highest BCUT2D eigenvalue weighted by Crippen LogP contribution is 2.28. The van der Waals surface area contributed by atoms with Gasteiger partial charge in [0.15, 0.2) is 18.1 Å².